The highest BCUT2D eigenvalue weighted by Crippen LogP contribution is 2.17. The van der Waals surface area contributed by atoms with Crippen molar-refractivity contribution in [2.75, 3.05) is 6.61 Å². The van der Waals surface area contributed by atoms with Gasteiger partial charge >= 0.3 is 5.97 Å². The lowest BCUT2D eigenvalue weighted by Gasteiger charge is -2.07. The minimum absolute atomic E-state index is 0.160. The van der Waals surface area contributed by atoms with Gasteiger partial charge in [-0.2, -0.15) is 0 Å². The average molecular weight is 245 g/mol. The number of hydrogen-bond donors (Lipinski definition) is 1. The van der Waals surface area contributed by atoms with E-state index in [-0.39, 0.29) is 18.6 Å². The third kappa shape index (κ3) is 3.37. The molecule has 0 aromatic carbocycles. The molecule has 4 nitrogen and oxygen atoms in total. The summed E-state index contributed by atoms with van der Waals surface area (Å²) in [7, 11) is 0. The summed E-state index contributed by atoms with van der Waals surface area (Å²) in [6.45, 7) is 3.37. The maximum atomic E-state index is 12.4. The van der Waals surface area contributed by atoms with Crippen molar-refractivity contribution in [3.63, 3.8) is 0 Å². The van der Waals surface area contributed by atoms with E-state index in [1.54, 1.807) is 6.92 Å². The van der Waals surface area contributed by atoms with Crippen molar-refractivity contribution in [3.8, 4) is 0 Å². The number of rotatable bonds is 4. The van der Waals surface area contributed by atoms with Crippen molar-refractivity contribution in [3.05, 3.63) is 33.2 Å². The Morgan fingerprint density at radius 3 is 2.65 bits per heavy atom. The van der Waals surface area contributed by atoms with Crippen molar-refractivity contribution in [1.82, 2.24) is 4.98 Å². The molecule has 0 aliphatic heterocycles. The third-order valence-corrected chi connectivity index (χ3v) is 2.24. The number of nitrogens with one attached hydrogen (secondary N) is 1. The number of esters is 1. The fraction of sp³-hybridized carbons (Fsp3) is 0.455. The lowest BCUT2D eigenvalue weighted by atomic mass is 10.1. The van der Waals surface area contributed by atoms with E-state index in [0.29, 0.717) is 5.56 Å². The van der Waals surface area contributed by atoms with Gasteiger partial charge in [-0.25, -0.2) is 8.78 Å². The number of halogens is 2. The molecule has 0 amide bonds. The predicted octanol–water partition coefficient (Wildman–Crippen LogP) is 1.73. The molecule has 6 heteroatoms. The maximum absolute atomic E-state index is 12.4. The van der Waals surface area contributed by atoms with Crippen LogP contribution in [0.1, 0.15) is 30.2 Å². The van der Waals surface area contributed by atoms with E-state index in [1.807, 2.05) is 0 Å². The molecule has 0 unspecified atom stereocenters. The fourth-order valence-electron chi connectivity index (χ4n) is 1.44. The second-order valence-corrected chi connectivity index (χ2v) is 3.50. The molecule has 0 spiro atoms. The van der Waals surface area contributed by atoms with Gasteiger partial charge in [-0.15, -0.1) is 0 Å². The number of carbonyl (C=O) groups excluding carboxylic acids is 1. The number of hydrogen-bond acceptors (Lipinski definition) is 3. The van der Waals surface area contributed by atoms with E-state index in [0.717, 1.165) is 0 Å². The van der Waals surface area contributed by atoms with Gasteiger partial charge in [-0.05, 0) is 25.5 Å². The molecule has 0 bridgehead atoms. The summed E-state index contributed by atoms with van der Waals surface area (Å²) in [5.74, 6) is -0.550. The lowest BCUT2D eigenvalue weighted by molar-refractivity contribution is -0.142. The normalized spacial score (nSPS) is 10.6. The first kappa shape index (κ1) is 13.3. The summed E-state index contributed by atoms with van der Waals surface area (Å²) in [5.41, 5.74) is -0.599. The van der Waals surface area contributed by atoms with Gasteiger partial charge in [0, 0.05) is 5.56 Å². The number of H-pyrrole nitrogens is 1. The van der Waals surface area contributed by atoms with Gasteiger partial charge in [0.2, 0.25) is 0 Å². The van der Waals surface area contributed by atoms with Gasteiger partial charge in [0.15, 0.2) is 0 Å². The Morgan fingerprint density at radius 1 is 1.53 bits per heavy atom. The number of ether oxygens (including phenoxy) is 1. The zero-order valence-corrected chi connectivity index (χ0v) is 9.55. The van der Waals surface area contributed by atoms with Crippen molar-refractivity contribution >= 4 is 5.97 Å². The maximum Gasteiger partial charge on any atom is 0.310 e. The summed E-state index contributed by atoms with van der Waals surface area (Å²) in [6.07, 6.45) is -2.95. The van der Waals surface area contributed by atoms with Crippen LogP contribution in [0.3, 0.4) is 0 Å². The first-order valence-corrected chi connectivity index (χ1v) is 5.12. The van der Waals surface area contributed by atoms with E-state index in [2.05, 4.69) is 4.98 Å². The van der Waals surface area contributed by atoms with Crippen LogP contribution in [0, 0.1) is 6.92 Å². The van der Waals surface area contributed by atoms with Crippen molar-refractivity contribution < 1.29 is 18.3 Å². The topological polar surface area (TPSA) is 59.2 Å². The molecule has 1 aromatic heterocycles. The molecule has 94 valence electrons. The molecule has 0 fully saturated rings. The molecule has 0 saturated carbocycles. The highest BCUT2D eigenvalue weighted by molar-refractivity contribution is 5.72. The Morgan fingerprint density at radius 2 is 2.18 bits per heavy atom. The van der Waals surface area contributed by atoms with Gasteiger partial charge in [0.25, 0.3) is 12.0 Å². The van der Waals surface area contributed by atoms with Crippen molar-refractivity contribution in [2.24, 2.45) is 0 Å². The summed E-state index contributed by atoms with van der Waals surface area (Å²) < 4.78 is 29.5. The molecular formula is C11H13F2NO3. The monoisotopic (exact) mass is 245 g/mol. The minimum atomic E-state index is -2.74. The van der Waals surface area contributed by atoms with Crippen molar-refractivity contribution in [1.29, 1.82) is 0 Å². The number of aromatic amines is 1. The first-order valence-electron chi connectivity index (χ1n) is 5.12. The van der Waals surface area contributed by atoms with Crippen LogP contribution in [-0.4, -0.2) is 17.6 Å². The molecule has 0 aliphatic carbocycles. The van der Waals surface area contributed by atoms with E-state index >= 15 is 0 Å². The van der Waals surface area contributed by atoms with Crippen LogP contribution in [0.2, 0.25) is 0 Å². The quantitative estimate of drug-likeness (QED) is 0.822. The number of alkyl halides is 2. The highest BCUT2D eigenvalue weighted by Gasteiger charge is 2.15. The number of pyridine rings is 1. The number of carbonyl (C=O) groups is 1. The smallest absolute Gasteiger partial charge is 0.310 e. The molecule has 0 atom stereocenters. The molecule has 0 aliphatic rings. The second kappa shape index (κ2) is 5.56. The fourth-order valence-corrected chi connectivity index (χ4v) is 1.44. The van der Waals surface area contributed by atoms with Crippen LogP contribution in [0.25, 0.3) is 0 Å². The van der Waals surface area contributed by atoms with E-state index in [1.165, 1.54) is 13.0 Å². The summed E-state index contributed by atoms with van der Waals surface area (Å²) >= 11 is 0. The minimum Gasteiger partial charge on any atom is -0.466 e. The lowest BCUT2D eigenvalue weighted by Crippen LogP contribution is -2.21. The zero-order chi connectivity index (χ0) is 13.0. The van der Waals surface area contributed by atoms with Crippen LogP contribution < -0.4 is 5.56 Å². The molecule has 0 radical (unpaired) electrons. The SMILES string of the molecule is CCOC(=O)Cc1c(C)cc(C(F)F)[nH]c1=O. The van der Waals surface area contributed by atoms with Crippen LogP contribution in [-0.2, 0) is 16.0 Å². The predicted molar refractivity (Wildman–Crippen MR) is 57.1 cm³/mol. The van der Waals surface area contributed by atoms with Gasteiger partial charge in [0.05, 0.1) is 18.7 Å². The Kier molecular flexibility index (Phi) is 4.37. The van der Waals surface area contributed by atoms with E-state index < -0.39 is 23.6 Å². The molecule has 1 aromatic rings. The van der Waals surface area contributed by atoms with Crippen molar-refractivity contribution in [2.45, 2.75) is 26.7 Å². The zero-order valence-electron chi connectivity index (χ0n) is 9.55. The largest absolute Gasteiger partial charge is 0.466 e. The van der Waals surface area contributed by atoms with E-state index in [9.17, 15) is 18.4 Å². The summed E-state index contributed by atoms with van der Waals surface area (Å²) in [5, 5.41) is 0. The Balaban J connectivity index is 3.02. The standard InChI is InChI=1S/C11H13F2NO3/c1-3-17-9(15)5-7-6(2)4-8(10(12)13)14-11(7)16/h4,10H,3,5H2,1-2H3,(H,14,16). The Bertz CT molecular complexity index is 468. The number of aryl methyl sites for hydroxylation is 1. The molecule has 0 saturated heterocycles. The van der Waals surface area contributed by atoms with Gasteiger partial charge in [0.1, 0.15) is 0 Å². The third-order valence-electron chi connectivity index (χ3n) is 2.24. The molecule has 1 rings (SSSR count). The molecule has 1 N–H and O–H groups in total. The van der Waals surface area contributed by atoms with Crippen LogP contribution in [0.5, 0.6) is 0 Å². The van der Waals surface area contributed by atoms with Crippen LogP contribution in [0.15, 0.2) is 10.9 Å². The Labute approximate surface area is 96.6 Å². The van der Waals surface area contributed by atoms with Gasteiger partial charge in [-0.3, -0.25) is 9.59 Å². The van der Waals surface area contributed by atoms with Gasteiger partial charge < -0.3 is 9.72 Å². The summed E-state index contributed by atoms with van der Waals surface area (Å²) in [6, 6.07) is 1.17. The molecular weight excluding hydrogens is 232 g/mol. The van der Waals surface area contributed by atoms with Crippen LogP contribution in [0.4, 0.5) is 8.78 Å². The first-order chi connectivity index (χ1) is 7.95. The van der Waals surface area contributed by atoms with Crippen LogP contribution >= 0.6 is 0 Å². The van der Waals surface area contributed by atoms with E-state index in [4.69, 9.17) is 4.74 Å². The highest BCUT2D eigenvalue weighted by atomic mass is 19.3. The molecule has 1 heterocycles. The number of aromatic nitrogens is 1. The second-order valence-electron chi connectivity index (χ2n) is 3.50. The average Bonchev–Trinajstić information content (AvgIpc) is 2.23. The molecule has 17 heavy (non-hydrogen) atoms. The van der Waals surface area contributed by atoms with Gasteiger partial charge in [-0.1, -0.05) is 0 Å². The summed E-state index contributed by atoms with van der Waals surface area (Å²) in [4.78, 5) is 24.8. The Hall–Kier alpha value is -1.72.